The van der Waals surface area contributed by atoms with E-state index in [2.05, 4.69) is 82.3 Å². The van der Waals surface area contributed by atoms with Crippen molar-refractivity contribution in [2.45, 2.75) is 57.9 Å². The first kappa shape index (κ1) is 22.6. The molecule has 0 bridgehead atoms. The Bertz CT molecular complexity index is 639. The third kappa shape index (κ3) is 6.96. The van der Waals surface area contributed by atoms with E-state index in [0.29, 0.717) is 0 Å². The minimum Gasteiger partial charge on any atom is -0.279 e. The van der Waals surface area contributed by atoms with E-state index in [0.717, 1.165) is 0 Å². The molecule has 0 fully saturated rings. The highest BCUT2D eigenvalue weighted by molar-refractivity contribution is 14.1. The molecule has 0 radical (unpaired) electrons. The molecule has 134 valence electrons. The number of alkyl halides is 3. The lowest BCUT2D eigenvalue weighted by atomic mass is 9.75. The van der Waals surface area contributed by atoms with Gasteiger partial charge in [0, 0.05) is 3.57 Å². The van der Waals surface area contributed by atoms with Gasteiger partial charge < -0.3 is 0 Å². The Morgan fingerprint density at radius 1 is 0.957 bits per heavy atom. The van der Waals surface area contributed by atoms with Crippen molar-refractivity contribution in [2.75, 3.05) is 0 Å². The molecule has 0 heterocycles. The Balaban J connectivity index is 0.000000515. The molecule has 0 aliphatic heterocycles. The summed E-state index contributed by atoms with van der Waals surface area (Å²) in [6, 6.07) is 6.64. The van der Waals surface area contributed by atoms with Crippen LogP contribution in [0.2, 0.25) is 0 Å². The molecule has 8 heteroatoms. The van der Waals surface area contributed by atoms with Crippen LogP contribution in [0.5, 0.6) is 0 Å². The summed E-state index contributed by atoms with van der Waals surface area (Å²) in [6.07, 6.45) is 0. The van der Waals surface area contributed by atoms with Crippen LogP contribution in [0.3, 0.4) is 0 Å². The predicted molar refractivity (Wildman–Crippen MR) is 94.2 cm³/mol. The largest absolute Gasteiger partial charge is 0.522 e. The molecule has 1 aromatic carbocycles. The van der Waals surface area contributed by atoms with E-state index in [4.69, 9.17) is 13.0 Å². The zero-order valence-corrected chi connectivity index (χ0v) is 16.9. The fourth-order valence-electron chi connectivity index (χ4n) is 1.91. The van der Waals surface area contributed by atoms with Crippen LogP contribution in [0.15, 0.2) is 18.2 Å². The van der Waals surface area contributed by atoms with Crippen molar-refractivity contribution in [3.05, 3.63) is 32.9 Å². The Labute approximate surface area is 149 Å². The Kier molecular flexibility index (Phi) is 7.15. The SMILES string of the molecule is CC(C)(C)c1cccc(I)c1C(C)(C)C.O=S(=O)(O)C(F)(F)F. The highest BCUT2D eigenvalue weighted by atomic mass is 127. The molecule has 0 atom stereocenters. The second kappa shape index (κ2) is 7.26. The van der Waals surface area contributed by atoms with Crippen LogP contribution in [0.25, 0.3) is 0 Å². The van der Waals surface area contributed by atoms with Gasteiger partial charge in [0.1, 0.15) is 0 Å². The van der Waals surface area contributed by atoms with Crippen LogP contribution in [0, 0.1) is 3.57 Å². The van der Waals surface area contributed by atoms with Crippen molar-refractivity contribution in [3.63, 3.8) is 0 Å². The number of hydrogen-bond donors (Lipinski definition) is 1. The monoisotopic (exact) mass is 466 g/mol. The minimum absolute atomic E-state index is 0.223. The van der Waals surface area contributed by atoms with Gasteiger partial charge in [0.2, 0.25) is 0 Å². The quantitative estimate of drug-likeness (QED) is 0.322. The van der Waals surface area contributed by atoms with Crippen molar-refractivity contribution in [1.29, 1.82) is 0 Å². The van der Waals surface area contributed by atoms with Gasteiger partial charge >= 0.3 is 15.6 Å². The second-order valence-electron chi connectivity index (χ2n) is 7.08. The molecular formula is C15H22F3IO3S. The van der Waals surface area contributed by atoms with E-state index < -0.39 is 15.6 Å². The first-order valence-electron chi connectivity index (χ1n) is 6.72. The zero-order chi connectivity index (χ0) is 18.9. The molecule has 0 saturated heterocycles. The summed E-state index contributed by atoms with van der Waals surface area (Å²) in [5, 5.41) is 0. The first-order chi connectivity index (χ1) is 9.89. The van der Waals surface area contributed by atoms with Gasteiger partial charge in [-0.1, -0.05) is 53.7 Å². The third-order valence-electron chi connectivity index (χ3n) is 2.86. The van der Waals surface area contributed by atoms with Crippen LogP contribution < -0.4 is 0 Å². The van der Waals surface area contributed by atoms with Crippen LogP contribution in [0.1, 0.15) is 52.7 Å². The highest BCUT2D eigenvalue weighted by Crippen LogP contribution is 2.36. The van der Waals surface area contributed by atoms with E-state index in [1.54, 1.807) is 0 Å². The molecule has 0 aliphatic carbocycles. The number of hydrogen-bond acceptors (Lipinski definition) is 2. The summed E-state index contributed by atoms with van der Waals surface area (Å²) in [5.74, 6) is 0. The maximum Gasteiger partial charge on any atom is 0.522 e. The van der Waals surface area contributed by atoms with Gasteiger partial charge in [-0.25, -0.2) is 0 Å². The van der Waals surface area contributed by atoms with E-state index in [9.17, 15) is 13.2 Å². The number of benzene rings is 1. The van der Waals surface area contributed by atoms with Crippen molar-refractivity contribution in [3.8, 4) is 0 Å². The molecule has 0 aliphatic rings. The van der Waals surface area contributed by atoms with Crippen molar-refractivity contribution >= 4 is 32.7 Å². The molecule has 3 nitrogen and oxygen atoms in total. The van der Waals surface area contributed by atoms with Crippen molar-refractivity contribution in [1.82, 2.24) is 0 Å². The number of halogens is 4. The van der Waals surface area contributed by atoms with Gasteiger partial charge in [-0.3, -0.25) is 4.55 Å². The van der Waals surface area contributed by atoms with Gasteiger partial charge in [-0.05, 0) is 50.6 Å². The average Bonchev–Trinajstić information content (AvgIpc) is 2.23. The average molecular weight is 466 g/mol. The maximum atomic E-state index is 10.7. The van der Waals surface area contributed by atoms with Gasteiger partial charge in [0.25, 0.3) is 0 Å². The predicted octanol–water partition coefficient (Wildman–Crippen LogP) is 5.28. The Morgan fingerprint density at radius 3 is 1.57 bits per heavy atom. The van der Waals surface area contributed by atoms with E-state index in [-0.39, 0.29) is 10.8 Å². The molecule has 0 aromatic heterocycles. The van der Waals surface area contributed by atoms with E-state index >= 15 is 0 Å². The molecule has 1 rings (SSSR count). The van der Waals surface area contributed by atoms with E-state index in [1.165, 1.54) is 14.7 Å². The first-order valence-corrected chi connectivity index (χ1v) is 9.24. The number of rotatable bonds is 0. The lowest BCUT2D eigenvalue weighted by Gasteiger charge is -2.31. The second-order valence-corrected chi connectivity index (χ2v) is 9.66. The van der Waals surface area contributed by atoms with Crippen LogP contribution in [-0.2, 0) is 20.9 Å². The summed E-state index contributed by atoms with van der Waals surface area (Å²) in [6.45, 7) is 13.7. The summed E-state index contributed by atoms with van der Waals surface area (Å²) >= 11 is 2.45. The summed E-state index contributed by atoms with van der Waals surface area (Å²) in [5.41, 5.74) is -2.11. The fraction of sp³-hybridized carbons (Fsp3) is 0.600. The molecule has 1 N–H and O–H groups in total. The maximum absolute atomic E-state index is 10.7. The molecule has 0 amide bonds. The van der Waals surface area contributed by atoms with Crippen molar-refractivity contribution in [2.24, 2.45) is 0 Å². The highest BCUT2D eigenvalue weighted by Gasteiger charge is 2.44. The van der Waals surface area contributed by atoms with E-state index in [1.807, 2.05) is 0 Å². The van der Waals surface area contributed by atoms with Crippen LogP contribution >= 0.6 is 22.6 Å². The standard InChI is InChI=1S/C14H21I.CHF3O3S/c1-13(2,3)10-8-7-9-11(15)12(10)14(4,5)6;2-1(3,4)8(5,6)7/h7-9H,1-6H3;(H,5,6,7). The topological polar surface area (TPSA) is 54.4 Å². The van der Waals surface area contributed by atoms with Gasteiger partial charge in [-0.15, -0.1) is 0 Å². The molecule has 0 unspecified atom stereocenters. The molecule has 0 saturated carbocycles. The van der Waals surface area contributed by atoms with Crippen LogP contribution in [0.4, 0.5) is 13.2 Å². The Morgan fingerprint density at radius 2 is 1.35 bits per heavy atom. The zero-order valence-electron chi connectivity index (χ0n) is 13.9. The summed E-state index contributed by atoms with van der Waals surface area (Å²) < 4.78 is 58.9. The van der Waals surface area contributed by atoms with Gasteiger partial charge in [0.15, 0.2) is 0 Å². The normalized spacial score (nSPS) is 13.3. The lowest BCUT2D eigenvalue weighted by molar-refractivity contribution is -0.0510. The Hall–Kier alpha value is -0.350. The summed E-state index contributed by atoms with van der Waals surface area (Å²) in [4.78, 5) is 0. The van der Waals surface area contributed by atoms with Gasteiger partial charge in [-0.2, -0.15) is 21.6 Å². The minimum atomic E-state index is -5.84. The van der Waals surface area contributed by atoms with Crippen LogP contribution in [-0.4, -0.2) is 18.5 Å². The molecule has 1 aromatic rings. The molecule has 23 heavy (non-hydrogen) atoms. The fourth-order valence-corrected chi connectivity index (χ4v) is 3.22. The van der Waals surface area contributed by atoms with Gasteiger partial charge in [0.05, 0.1) is 0 Å². The smallest absolute Gasteiger partial charge is 0.279 e. The molecule has 0 spiro atoms. The molecular weight excluding hydrogens is 444 g/mol. The lowest BCUT2D eigenvalue weighted by Crippen LogP contribution is -2.23. The third-order valence-corrected chi connectivity index (χ3v) is 4.35. The van der Waals surface area contributed by atoms with Crippen molar-refractivity contribution < 1.29 is 26.1 Å². The summed E-state index contributed by atoms with van der Waals surface area (Å²) in [7, 11) is -5.84.